The second kappa shape index (κ2) is 1.60. The molecule has 1 aliphatic rings. The number of aliphatic hydroxyl groups excluding tert-OH is 1. The summed E-state index contributed by atoms with van der Waals surface area (Å²) in [5, 5.41) is 12.2. The van der Waals surface area contributed by atoms with E-state index in [2.05, 4.69) is 5.32 Å². The van der Waals surface area contributed by atoms with E-state index < -0.39 is 6.10 Å². The first-order chi connectivity index (χ1) is 3.30. The van der Waals surface area contributed by atoms with Crippen LogP contribution in [0.3, 0.4) is 0 Å². The van der Waals surface area contributed by atoms with E-state index in [4.69, 9.17) is 5.11 Å². The van der Waals surface area contributed by atoms with Gasteiger partial charge >= 0.3 is 0 Å². The van der Waals surface area contributed by atoms with Crippen molar-refractivity contribution >= 4 is 5.78 Å². The predicted octanol–water partition coefficient (Wildman–Crippen LogP) is -1.47. The van der Waals surface area contributed by atoms with E-state index in [9.17, 15) is 4.79 Å². The first-order valence-corrected chi connectivity index (χ1v) is 2.15. The third-order valence-electron chi connectivity index (χ3n) is 0.941. The highest BCUT2D eigenvalue weighted by molar-refractivity contribution is 5.86. The smallest absolute Gasteiger partial charge is 0.178 e. The van der Waals surface area contributed by atoms with Gasteiger partial charge in [-0.05, 0) is 0 Å². The quantitative estimate of drug-likeness (QED) is 0.404. The molecule has 1 heterocycles. The molecule has 7 heavy (non-hydrogen) atoms. The van der Waals surface area contributed by atoms with E-state index in [0.29, 0.717) is 6.54 Å². The van der Waals surface area contributed by atoms with Crippen LogP contribution in [-0.2, 0) is 4.79 Å². The van der Waals surface area contributed by atoms with Crippen molar-refractivity contribution in [1.82, 2.24) is 5.32 Å². The second-order valence-electron chi connectivity index (χ2n) is 1.55. The molecule has 0 aromatic carbocycles. The van der Waals surface area contributed by atoms with Gasteiger partial charge in [-0.2, -0.15) is 0 Å². The lowest BCUT2D eigenvalue weighted by atomic mass is 10.3. The SMILES string of the molecule is O=C1C[N]CC1O. The molecule has 0 amide bonds. The van der Waals surface area contributed by atoms with Crippen LogP contribution in [0.2, 0.25) is 0 Å². The number of nitrogens with zero attached hydrogens (tertiary/aromatic N) is 1. The first kappa shape index (κ1) is 4.74. The highest BCUT2D eigenvalue weighted by Gasteiger charge is 2.21. The van der Waals surface area contributed by atoms with E-state index in [1.807, 2.05) is 0 Å². The topological polar surface area (TPSA) is 51.4 Å². The molecule has 1 N–H and O–H groups in total. The molecule has 0 spiro atoms. The van der Waals surface area contributed by atoms with Crippen LogP contribution in [0.1, 0.15) is 0 Å². The molecule has 1 unspecified atom stereocenters. The monoisotopic (exact) mass is 100 g/mol. The number of ketones is 1. The molecule has 1 aliphatic heterocycles. The zero-order chi connectivity index (χ0) is 5.28. The number of Topliss-reactive ketones (excluding diaryl/α,β-unsaturated/α-hetero) is 1. The molecule has 1 fully saturated rings. The average molecular weight is 100 g/mol. The molecule has 1 rings (SSSR count). The summed E-state index contributed by atoms with van der Waals surface area (Å²) >= 11 is 0. The van der Waals surface area contributed by atoms with Crippen molar-refractivity contribution in [1.29, 1.82) is 0 Å². The molecular formula is C4H6NO2. The Labute approximate surface area is 41.3 Å². The van der Waals surface area contributed by atoms with Crippen LogP contribution in [0.4, 0.5) is 0 Å². The van der Waals surface area contributed by atoms with Crippen molar-refractivity contribution in [2.24, 2.45) is 0 Å². The zero-order valence-corrected chi connectivity index (χ0v) is 3.79. The van der Waals surface area contributed by atoms with Crippen LogP contribution in [0, 0.1) is 0 Å². The summed E-state index contributed by atoms with van der Waals surface area (Å²) in [5.74, 6) is -0.153. The largest absolute Gasteiger partial charge is 0.384 e. The molecule has 1 atom stereocenters. The van der Waals surface area contributed by atoms with Crippen molar-refractivity contribution in [3.05, 3.63) is 0 Å². The summed E-state index contributed by atoms with van der Waals surface area (Å²) in [7, 11) is 0. The van der Waals surface area contributed by atoms with E-state index in [1.165, 1.54) is 0 Å². The molecule has 1 radical (unpaired) electrons. The van der Waals surface area contributed by atoms with Crippen LogP contribution in [-0.4, -0.2) is 30.1 Å². The van der Waals surface area contributed by atoms with Crippen LogP contribution < -0.4 is 5.32 Å². The zero-order valence-electron chi connectivity index (χ0n) is 3.79. The average Bonchev–Trinajstić information content (AvgIpc) is 1.91. The van der Waals surface area contributed by atoms with Gasteiger partial charge < -0.3 is 5.11 Å². The fraction of sp³-hybridized carbons (Fsp3) is 0.750. The predicted molar refractivity (Wildman–Crippen MR) is 22.9 cm³/mol. The lowest BCUT2D eigenvalue weighted by molar-refractivity contribution is -0.122. The van der Waals surface area contributed by atoms with Gasteiger partial charge in [0.25, 0.3) is 0 Å². The lowest BCUT2D eigenvalue weighted by Crippen LogP contribution is -2.15. The summed E-state index contributed by atoms with van der Waals surface area (Å²) in [6, 6.07) is 0. The molecule has 0 aromatic heterocycles. The van der Waals surface area contributed by atoms with Crippen LogP contribution in [0.25, 0.3) is 0 Å². The Bertz CT molecular complexity index is 91.7. The fourth-order valence-corrected chi connectivity index (χ4v) is 0.504. The summed E-state index contributed by atoms with van der Waals surface area (Å²) in [6.07, 6.45) is -0.792. The summed E-state index contributed by atoms with van der Waals surface area (Å²) < 4.78 is 0. The molecule has 39 valence electrons. The Morgan fingerprint density at radius 1 is 1.86 bits per heavy atom. The van der Waals surface area contributed by atoms with Gasteiger partial charge in [0.1, 0.15) is 6.10 Å². The standard InChI is InChI=1S/C4H6NO2/c6-3-1-5-2-4(3)7/h3,6H,1-2H2. The highest BCUT2D eigenvalue weighted by atomic mass is 16.3. The minimum Gasteiger partial charge on any atom is -0.384 e. The minimum absolute atomic E-state index is 0.153. The van der Waals surface area contributed by atoms with E-state index >= 15 is 0 Å². The van der Waals surface area contributed by atoms with E-state index in [1.54, 1.807) is 0 Å². The Hall–Kier alpha value is -0.410. The summed E-state index contributed by atoms with van der Waals surface area (Å²) in [5.41, 5.74) is 0. The lowest BCUT2D eigenvalue weighted by Gasteiger charge is -1.89. The number of carbonyl (C=O) groups is 1. The van der Waals surface area contributed by atoms with Gasteiger partial charge in [0, 0.05) is 6.54 Å². The highest BCUT2D eigenvalue weighted by Crippen LogP contribution is 1.91. The maximum Gasteiger partial charge on any atom is 0.178 e. The van der Waals surface area contributed by atoms with Gasteiger partial charge in [-0.1, -0.05) is 0 Å². The maximum atomic E-state index is 10.2. The summed E-state index contributed by atoms with van der Waals surface area (Å²) in [6.45, 7) is 0.514. The van der Waals surface area contributed by atoms with Gasteiger partial charge in [-0.3, -0.25) is 4.79 Å². The Kier molecular flexibility index (Phi) is 1.08. The second-order valence-corrected chi connectivity index (χ2v) is 1.55. The molecular weight excluding hydrogens is 94.0 g/mol. The summed E-state index contributed by atoms with van der Waals surface area (Å²) in [4.78, 5) is 10.2. The van der Waals surface area contributed by atoms with Gasteiger partial charge in [0.15, 0.2) is 5.78 Å². The molecule has 0 aliphatic carbocycles. The number of rotatable bonds is 0. The van der Waals surface area contributed by atoms with Crippen molar-refractivity contribution in [3.8, 4) is 0 Å². The van der Waals surface area contributed by atoms with Crippen molar-refractivity contribution in [3.63, 3.8) is 0 Å². The molecule has 0 bridgehead atoms. The minimum atomic E-state index is -0.792. The number of aliphatic hydroxyl groups is 1. The van der Waals surface area contributed by atoms with Gasteiger partial charge in [0.05, 0.1) is 6.54 Å². The molecule has 3 heteroatoms. The Morgan fingerprint density at radius 2 is 2.57 bits per heavy atom. The van der Waals surface area contributed by atoms with Gasteiger partial charge in [-0.25, -0.2) is 5.32 Å². The maximum absolute atomic E-state index is 10.2. The molecule has 3 nitrogen and oxygen atoms in total. The van der Waals surface area contributed by atoms with E-state index in [0.717, 1.165) is 0 Å². The van der Waals surface area contributed by atoms with Crippen LogP contribution in [0.5, 0.6) is 0 Å². The third-order valence-corrected chi connectivity index (χ3v) is 0.941. The third kappa shape index (κ3) is 0.783. The Morgan fingerprint density at radius 3 is 2.71 bits per heavy atom. The van der Waals surface area contributed by atoms with Crippen LogP contribution >= 0.6 is 0 Å². The normalized spacial score (nSPS) is 31.6. The van der Waals surface area contributed by atoms with Gasteiger partial charge in [0.2, 0.25) is 0 Å². The Balaban J connectivity index is 2.48. The fourth-order valence-electron chi connectivity index (χ4n) is 0.504. The molecule has 0 aromatic rings. The molecule has 0 saturated carbocycles. The first-order valence-electron chi connectivity index (χ1n) is 2.15. The van der Waals surface area contributed by atoms with E-state index in [-0.39, 0.29) is 12.3 Å². The van der Waals surface area contributed by atoms with Crippen molar-refractivity contribution in [2.75, 3.05) is 13.1 Å². The number of hydrogen-bond donors (Lipinski definition) is 1. The number of hydrogen-bond acceptors (Lipinski definition) is 2. The van der Waals surface area contributed by atoms with Crippen molar-refractivity contribution < 1.29 is 9.90 Å². The van der Waals surface area contributed by atoms with Crippen molar-refractivity contribution in [2.45, 2.75) is 6.10 Å². The molecule has 1 saturated heterocycles. The van der Waals surface area contributed by atoms with Gasteiger partial charge in [-0.15, -0.1) is 0 Å². The van der Waals surface area contributed by atoms with Crippen LogP contribution in [0.15, 0.2) is 0 Å². The number of carbonyl (C=O) groups excluding carboxylic acids is 1.